The Morgan fingerprint density at radius 2 is 2.24 bits per heavy atom. The van der Waals surface area contributed by atoms with Gasteiger partial charge in [-0.05, 0) is 49.4 Å². The van der Waals surface area contributed by atoms with Gasteiger partial charge in [-0.1, -0.05) is 30.7 Å². The molecule has 0 saturated heterocycles. The summed E-state index contributed by atoms with van der Waals surface area (Å²) in [5.74, 6) is 0.798. The second kappa shape index (κ2) is 5.38. The molecule has 0 aromatic heterocycles. The molecule has 0 bridgehead atoms. The molecule has 1 saturated carbocycles. The molecule has 2 nitrogen and oxygen atoms in total. The Bertz CT molecular complexity index is 372. The molecule has 1 fully saturated rings. The third-order valence-electron chi connectivity index (χ3n) is 3.68. The third kappa shape index (κ3) is 3.01. The first-order valence-electron chi connectivity index (χ1n) is 6.32. The summed E-state index contributed by atoms with van der Waals surface area (Å²) >= 11 is 6.03. The maximum atomic E-state index is 9.75. The van der Waals surface area contributed by atoms with Crippen molar-refractivity contribution in [3.8, 4) is 0 Å². The van der Waals surface area contributed by atoms with Crippen molar-refractivity contribution >= 4 is 11.6 Å². The van der Waals surface area contributed by atoms with Crippen LogP contribution in [0.1, 0.15) is 31.7 Å². The van der Waals surface area contributed by atoms with E-state index >= 15 is 0 Å². The highest BCUT2D eigenvalue weighted by Gasteiger charge is 2.32. The van der Waals surface area contributed by atoms with Gasteiger partial charge in [0.05, 0.1) is 12.1 Å². The van der Waals surface area contributed by atoms with E-state index in [1.807, 2.05) is 24.3 Å². The minimum Gasteiger partial charge on any atom is -0.394 e. The average molecular weight is 254 g/mol. The Labute approximate surface area is 108 Å². The van der Waals surface area contributed by atoms with E-state index in [4.69, 9.17) is 11.6 Å². The number of aliphatic hydroxyl groups is 1. The fourth-order valence-corrected chi connectivity index (χ4v) is 2.33. The fourth-order valence-electron chi connectivity index (χ4n) is 2.14. The van der Waals surface area contributed by atoms with E-state index in [-0.39, 0.29) is 12.1 Å². The van der Waals surface area contributed by atoms with Gasteiger partial charge < -0.3 is 10.4 Å². The summed E-state index contributed by atoms with van der Waals surface area (Å²) < 4.78 is 0. The predicted octanol–water partition coefficient (Wildman–Crippen LogP) is 2.94. The number of nitrogens with one attached hydrogen (secondary N) is 1. The van der Waals surface area contributed by atoms with Crippen LogP contribution in [-0.2, 0) is 5.54 Å². The topological polar surface area (TPSA) is 32.3 Å². The molecule has 0 amide bonds. The van der Waals surface area contributed by atoms with E-state index in [2.05, 4.69) is 12.2 Å². The standard InChI is InChI=1S/C14H20ClNO/c1-2-14(10-17,16-9-11-6-7-11)12-4-3-5-13(15)8-12/h3-5,8,11,16-17H,2,6-7,9-10H2,1H3. The summed E-state index contributed by atoms with van der Waals surface area (Å²) in [7, 11) is 0. The number of hydrogen-bond donors (Lipinski definition) is 2. The van der Waals surface area contributed by atoms with Gasteiger partial charge in [0.2, 0.25) is 0 Å². The molecule has 3 heteroatoms. The van der Waals surface area contributed by atoms with Crippen LogP contribution in [0.5, 0.6) is 0 Å². The van der Waals surface area contributed by atoms with Crippen molar-refractivity contribution in [3.63, 3.8) is 0 Å². The highest BCUT2D eigenvalue weighted by molar-refractivity contribution is 6.30. The van der Waals surface area contributed by atoms with E-state index in [9.17, 15) is 5.11 Å². The number of hydrogen-bond acceptors (Lipinski definition) is 2. The van der Waals surface area contributed by atoms with Crippen LogP contribution in [0.3, 0.4) is 0 Å². The van der Waals surface area contributed by atoms with Crippen molar-refractivity contribution in [2.24, 2.45) is 5.92 Å². The van der Waals surface area contributed by atoms with Crippen LogP contribution >= 0.6 is 11.6 Å². The molecule has 0 heterocycles. The number of aliphatic hydroxyl groups excluding tert-OH is 1. The van der Waals surface area contributed by atoms with E-state index in [0.29, 0.717) is 0 Å². The summed E-state index contributed by atoms with van der Waals surface area (Å²) in [6.07, 6.45) is 3.48. The molecule has 2 N–H and O–H groups in total. The Balaban J connectivity index is 2.18. The lowest BCUT2D eigenvalue weighted by Gasteiger charge is -2.33. The third-order valence-corrected chi connectivity index (χ3v) is 3.91. The summed E-state index contributed by atoms with van der Waals surface area (Å²) in [6, 6.07) is 7.78. The largest absolute Gasteiger partial charge is 0.394 e. The lowest BCUT2D eigenvalue weighted by Crippen LogP contribution is -2.46. The smallest absolute Gasteiger partial charge is 0.0667 e. The summed E-state index contributed by atoms with van der Waals surface area (Å²) in [4.78, 5) is 0. The van der Waals surface area contributed by atoms with Gasteiger partial charge in [-0.2, -0.15) is 0 Å². The first-order valence-corrected chi connectivity index (χ1v) is 6.70. The van der Waals surface area contributed by atoms with Crippen molar-refractivity contribution in [1.29, 1.82) is 0 Å². The lowest BCUT2D eigenvalue weighted by atomic mass is 9.88. The van der Waals surface area contributed by atoms with E-state index in [1.54, 1.807) is 0 Å². The van der Waals surface area contributed by atoms with Gasteiger partial charge >= 0.3 is 0 Å². The van der Waals surface area contributed by atoms with E-state index < -0.39 is 0 Å². The van der Waals surface area contributed by atoms with E-state index in [1.165, 1.54) is 12.8 Å². The summed E-state index contributed by atoms with van der Waals surface area (Å²) in [5.41, 5.74) is 0.740. The van der Waals surface area contributed by atoms with Crippen molar-refractivity contribution in [2.45, 2.75) is 31.7 Å². The van der Waals surface area contributed by atoms with Crippen LogP contribution in [0.2, 0.25) is 5.02 Å². The Morgan fingerprint density at radius 1 is 1.47 bits per heavy atom. The highest BCUT2D eigenvalue weighted by Crippen LogP contribution is 2.31. The molecule has 1 unspecified atom stereocenters. The van der Waals surface area contributed by atoms with Crippen LogP contribution in [0, 0.1) is 5.92 Å². The molecule has 2 rings (SSSR count). The average Bonchev–Trinajstić information content (AvgIpc) is 3.15. The molecule has 1 aliphatic rings. The zero-order valence-electron chi connectivity index (χ0n) is 10.2. The summed E-state index contributed by atoms with van der Waals surface area (Å²) in [5, 5.41) is 14.0. The number of halogens is 1. The fraction of sp³-hybridized carbons (Fsp3) is 0.571. The molecule has 0 spiro atoms. The minimum atomic E-state index is -0.340. The molecular formula is C14H20ClNO. The molecule has 1 aromatic carbocycles. The predicted molar refractivity (Wildman–Crippen MR) is 71.2 cm³/mol. The molecule has 0 aliphatic heterocycles. The number of benzene rings is 1. The zero-order valence-corrected chi connectivity index (χ0v) is 11.0. The van der Waals surface area contributed by atoms with Crippen LogP contribution in [0.15, 0.2) is 24.3 Å². The zero-order chi connectivity index (χ0) is 12.3. The van der Waals surface area contributed by atoms with Crippen molar-refractivity contribution in [3.05, 3.63) is 34.9 Å². The molecule has 1 aromatic rings. The SMILES string of the molecule is CCC(CO)(NCC1CC1)c1cccc(Cl)c1. The first kappa shape index (κ1) is 12.9. The van der Waals surface area contributed by atoms with Gasteiger partial charge in [0.25, 0.3) is 0 Å². The number of rotatable bonds is 6. The van der Waals surface area contributed by atoms with Gasteiger partial charge in [0.1, 0.15) is 0 Å². The lowest BCUT2D eigenvalue weighted by molar-refractivity contribution is 0.154. The molecule has 1 atom stereocenters. The van der Waals surface area contributed by atoms with Crippen LogP contribution in [-0.4, -0.2) is 18.3 Å². The molecule has 94 valence electrons. The normalized spacial score (nSPS) is 19.0. The Hall–Kier alpha value is -0.570. The van der Waals surface area contributed by atoms with Crippen LogP contribution in [0.25, 0.3) is 0 Å². The molecule has 0 radical (unpaired) electrons. The van der Waals surface area contributed by atoms with Crippen molar-refractivity contribution < 1.29 is 5.11 Å². The van der Waals surface area contributed by atoms with Gasteiger partial charge in [-0.15, -0.1) is 0 Å². The second-order valence-electron chi connectivity index (χ2n) is 4.93. The Kier molecular flexibility index (Phi) is 4.08. The first-order chi connectivity index (χ1) is 8.20. The molecular weight excluding hydrogens is 234 g/mol. The molecule has 17 heavy (non-hydrogen) atoms. The van der Waals surface area contributed by atoms with Crippen LogP contribution < -0.4 is 5.32 Å². The quantitative estimate of drug-likeness (QED) is 0.817. The van der Waals surface area contributed by atoms with Gasteiger partial charge in [0.15, 0.2) is 0 Å². The highest BCUT2D eigenvalue weighted by atomic mass is 35.5. The van der Waals surface area contributed by atoms with Gasteiger partial charge in [-0.25, -0.2) is 0 Å². The maximum Gasteiger partial charge on any atom is 0.0667 e. The van der Waals surface area contributed by atoms with Crippen LogP contribution in [0.4, 0.5) is 0 Å². The second-order valence-corrected chi connectivity index (χ2v) is 5.36. The summed E-state index contributed by atoms with van der Waals surface area (Å²) in [6.45, 7) is 3.19. The molecule has 1 aliphatic carbocycles. The maximum absolute atomic E-state index is 9.75. The van der Waals surface area contributed by atoms with E-state index in [0.717, 1.165) is 29.5 Å². The van der Waals surface area contributed by atoms with Crippen molar-refractivity contribution in [1.82, 2.24) is 5.32 Å². The monoisotopic (exact) mass is 253 g/mol. The van der Waals surface area contributed by atoms with Crippen molar-refractivity contribution in [2.75, 3.05) is 13.2 Å². The van der Waals surface area contributed by atoms with Gasteiger partial charge in [0, 0.05) is 5.02 Å². The van der Waals surface area contributed by atoms with Gasteiger partial charge in [-0.3, -0.25) is 0 Å². The Morgan fingerprint density at radius 3 is 2.76 bits per heavy atom. The minimum absolute atomic E-state index is 0.108.